The van der Waals surface area contributed by atoms with Gasteiger partial charge >= 0.3 is 0 Å². The lowest BCUT2D eigenvalue weighted by molar-refractivity contribution is 0.192. The second-order valence-corrected chi connectivity index (χ2v) is 5.52. The van der Waals surface area contributed by atoms with Gasteiger partial charge in [-0.3, -0.25) is 0 Å². The molecule has 0 aromatic heterocycles. The number of aromatic hydroxyl groups is 1. The van der Waals surface area contributed by atoms with Crippen molar-refractivity contribution in [3.63, 3.8) is 0 Å². The lowest BCUT2D eigenvalue weighted by atomic mass is 9.99. The van der Waals surface area contributed by atoms with E-state index in [1.165, 1.54) is 0 Å². The molecule has 0 unspecified atom stereocenters. The third kappa shape index (κ3) is 2.90. The molecule has 0 heterocycles. The summed E-state index contributed by atoms with van der Waals surface area (Å²) in [7, 11) is 0. The molecule has 0 aliphatic carbocycles. The average Bonchev–Trinajstić information content (AvgIpc) is 2.25. The summed E-state index contributed by atoms with van der Waals surface area (Å²) in [4.78, 5) is 0. The Labute approximate surface area is 102 Å². The van der Waals surface area contributed by atoms with Crippen LogP contribution in [0.4, 0.5) is 0 Å². The van der Waals surface area contributed by atoms with Crippen molar-refractivity contribution < 1.29 is 9.84 Å². The van der Waals surface area contributed by atoms with Crippen LogP contribution in [-0.2, 0) is 0 Å². The predicted octanol–water partition coefficient (Wildman–Crippen LogP) is 3.97. The van der Waals surface area contributed by atoms with Crippen LogP contribution in [0.3, 0.4) is 0 Å². The summed E-state index contributed by atoms with van der Waals surface area (Å²) in [6.45, 7) is 6.89. The lowest BCUT2D eigenvalue weighted by Gasteiger charge is -2.19. The molecule has 0 aliphatic heterocycles. The first kappa shape index (κ1) is 11.8. The summed E-state index contributed by atoms with van der Waals surface area (Å²) in [5, 5.41) is 12.0. The average molecular weight is 230 g/mol. The number of rotatable bonds is 2. The van der Waals surface area contributed by atoms with E-state index < -0.39 is 0 Å². The number of phenols is 1. The summed E-state index contributed by atoms with van der Waals surface area (Å²) < 4.78 is 5.66. The molecule has 0 aliphatic rings. The maximum absolute atomic E-state index is 9.88. The predicted molar refractivity (Wildman–Crippen MR) is 70.6 cm³/mol. The summed E-state index contributed by atoms with van der Waals surface area (Å²) in [6.07, 6.45) is 0. The van der Waals surface area contributed by atoms with Crippen molar-refractivity contribution in [2.24, 2.45) is 5.41 Å². The first-order chi connectivity index (χ1) is 7.96. The zero-order valence-electron chi connectivity index (χ0n) is 10.5. The van der Waals surface area contributed by atoms with Gasteiger partial charge in [-0.15, -0.1) is 0 Å². The number of fused-ring (bicyclic) bond motifs is 1. The molecule has 2 rings (SSSR count). The standard InChI is InChI=1S/C15H18O2/c1-15(2,3)10-17-14-9-12-7-5-4-6-11(12)8-13(14)16/h4-9,16H,10H2,1-3H3. The van der Waals surface area contributed by atoms with Crippen molar-refractivity contribution >= 4 is 10.8 Å². The van der Waals surface area contributed by atoms with Gasteiger partial charge in [-0.05, 0) is 28.3 Å². The van der Waals surface area contributed by atoms with Gasteiger partial charge in [0.05, 0.1) is 6.61 Å². The Morgan fingerprint density at radius 3 is 2.24 bits per heavy atom. The largest absolute Gasteiger partial charge is 0.504 e. The topological polar surface area (TPSA) is 29.5 Å². The highest BCUT2D eigenvalue weighted by molar-refractivity contribution is 5.85. The van der Waals surface area contributed by atoms with Gasteiger partial charge in [0.25, 0.3) is 0 Å². The fraction of sp³-hybridized carbons (Fsp3) is 0.333. The minimum Gasteiger partial charge on any atom is -0.504 e. The molecule has 2 aromatic rings. The number of phenolic OH excluding ortho intramolecular Hbond substituents is 1. The van der Waals surface area contributed by atoms with Crippen molar-refractivity contribution in [1.29, 1.82) is 0 Å². The Hall–Kier alpha value is -1.70. The Balaban J connectivity index is 2.31. The van der Waals surface area contributed by atoms with Gasteiger partial charge in [0.2, 0.25) is 0 Å². The van der Waals surface area contributed by atoms with Crippen LogP contribution in [0, 0.1) is 5.41 Å². The SMILES string of the molecule is CC(C)(C)COc1cc2ccccc2cc1O. The van der Waals surface area contributed by atoms with Crippen molar-refractivity contribution in [3.8, 4) is 11.5 Å². The van der Waals surface area contributed by atoms with E-state index in [4.69, 9.17) is 4.74 Å². The fourth-order valence-electron chi connectivity index (χ4n) is 1.62. The van der Waals surface area contributed by atoms with E-state index >= 15 is 0 Å². The molecular weight excluding hydrogens is 212 g/mol. The molecule has 0 amide bonds. The number of hydrogen-bond acceptors (Lipinski definition) is 2. The van der Waals surface area contributed by atoms with Crippen LogP contribution >= 0.6 is 0 Å². The molecule has 2 nitrogen and oxygen atoms in total. The van der Waals surface area contributed by atoms with Gasteiger partial charge in [-0.2, -0.15) is 0 Å². The highest BCUT2D eigenvalue weighted by Crippen LogP contribution is 2.32. The van der Waals surface area contributed by atoms with Crippen LogP contribution in [0.25, 0.3) is 10.8 Å². The zero-order valence-corrected chi connectivity index (χ0v) is 10.5. The van der Waals surface area contributed by atoms with Crippen molar-refractivity contribution in [1.82, 2.24) is 0 Å². The first-order valence-corrected chi connectivity index (χ1v) is 5.80. The molecule has 0 radical (unpaired) electrons. The first-order valence-electron chi connectivity index (χ1n) is 5.80. The highest BCUT2D eigenvalue weighted by atomic mass is 16.5. The molecule has 90 valence electrons. The smallest absolute Gasteiger partial charge is 0.161 e. The lowest BCUT2D eigenvalue weighted by Crippen LogP contribution is -2.16. The van der Waals surface area contributed by atoms with Crippen molar-refractivity contribution in [2.75, 3.05) is 6.61 Å². The van der Waals surface area contributed by atoms with E-state index in [0.717, 1.165) is 10.8 Å². The van der Waals surface area contributed by atoms with Crippen LogP contribution in [0.5, 0.6) is 11.5 Å². The number of ether oxygens (including phenoxy) is 1. The van der Waals surface area contributed by atoms with Crippen LogP contribution in [-0.4, -0.2) is 11.7 Å². The van der Waals surface area contributed by atoms with E-state index in [1.54, 1.807) is 6.07 Å². The molecule has 17 heavy (non-hydrogen) atoms. The van der Waals surface area contributed by atoms with E-state index in [0.29, 0.717) is 12.4 Å². The summed E-state index contributed by atoms with van der Waals surface area (Å²) in [5.74, 6) is 0.756. The normalized spacial score (nSPS) is 11.7. The van der Waals surface area contributed by atoms with Crippen molar-refractivity contribution in [3.05, 3.63) is 36.4 Å². The van der Waals surface area contributed by atoms with E-state index in [9.17, 15) is 5.11 Å². The van der Waals surface area contributed by atoms with Crippen LogP contribution in [0.1, 0.15) is 20.8 Å². The third-order valence-corrected chi connectivity index (χ3v) is 2.49. The molecule has 0 saturated heterocycles. The molecule has 0 saturated carbocycles. The maximum Gasteiger partial charge on any atom is 0.161 e. The van der Waals surface area contributed by atoms with Crippen LogP contribution in [0.15, 0.2) is 36.4 Å². The van der Waals surface area contributed by atoms with Gasteiger partial charge in [-0.1, -0.05) is 45.0 Å². The number of hydrogen-bond donors (Lipinski definition) is 1. The zero-order chi connectivity index (χ0) is 12.5. The second-order valence-electron chi connectivity index (χ2n) is 5.52. The van der Waals surface area contributed by atoms with Gasteiger partial charge in [0.15, 0.2) is 11.5 Å². The minimum absolute atomic E-state index is 0.0814. The molecule has 0 atom stereocenters. The monoisotopic (exact) mass is 230 g/mol. The van der Waals surface area contributed by atoms with Gasteiger partial charge in [0, 0.05) is 0 Å². The fourth-order valence-corrected chi connectivity index (χ4v) is 1.62. The summed E-state index contributed by atoms with van der Waals surface area (Å²) in [5.41, 5.74) is 0.0814. The molecule has 0 spiro atoms. The molecular formula is C15H18O2. The van der Waals surface area contributed by atoms with E-state index in [2.05, 4.69) is 20.8 Å². The Bertz CT molecular complexity index is 524. The van der Waals surface area contributed by atoms with Gasteiger partial charge < -0.3 is 9.84 Å². The molecule has 0 bridgehead atoms. The molecule has 1 N–H and O–H groups in total. The minimum atomic E-state index is 0.0814. The van der Waals surface area contributed by atoms with Gasteiger partial charge in [0.1, 0.15) is 0 Å². The quantitative estimate of drug-likeness (QED) is 0.845. The maximum atomic E-state index is 9.88. The molecule has 2 aromatic carbocycles. The molecule has 0 fully saturated rings. The summed E-state index contributed by atoms with van der Waals surface area (Å²) >= 11 is 0. The number of benzene rings is 2. The summed E-state index contributed by atoms with van der Waals surface area (Å²) in [6, 6.07) is 11.6. The van der Waals surface area contributed by atoms with Crippen LogP contribution in [0.2, 0.25) is 0 Å². The van der Waals surface area contributed by atoms with E-state index in [1.807, 2.05) is 30.3 Å². The molecule has 2 heteroatoms. The Morgan fingerprint density at radius 1 is 1.06 bits per heavy atom. The van der Waals surface area contributed by atoms with Gasteiger partial charge in [-0.25, -0.2) is 0 Å². The van der Waals surface area contributed by atoms with E-state index in [-0.39, 0.29) is 11.2 Å². The van der Waals surface area contributed by atoms with Crippen molar-refractivity contribution in [2.45, 2.75) is 20.8 Å². The highest BCUT2D eigenvalue weighted by Gasteiger charge is 2.13. The Kier molecular flexibility index (Phi) is 2.97. The van der Waals surface area contributed by atoms with Crippen LogP contribution < -0.4 is 4.74 Å². The Morgan fingerprint density at radius 2 is 1.65 bits per heavy atom. The third-order valence-electron chi connectivity index (χ3n) is 2.49. The second kappa shape index (κ2) is 4.28.